The molecule has 0 unspecified atom stereocenters. The molecule has 1 aliphatic heterocycles. The van der Waals surface area contributed by atoms with Crippen LogP contribution in [0.2, 0.25) is 0 Å². The molecule has 2 aliphatic rings. The molecule has 0 aromatic heterocycles. The van der Waals surface area contributed by atoms with Crippen LogP contribution in [0.5, 0.6) is 0 Å². The Morgan fingerprint density at radius 2 is 1.86 bits per heavy atom. The van der Waals surface area contributed by atoms with Gasteiger partial charge in [-0.05, 0) is 57.2 Å². The van der Waals surface area contributed by atoms with Crippen LogP contribution in [0.4, 0.5) is 4.79 Å². The number of carbonyl (C=O) groups is 2. The summed E-state index contributed by atoms with van der Waals surface area (Å²) in [5, 5.41) is 11.8. The molecule has 2 N–H and O–H groups in total. The van der Waals surface area contributed by atoms with Gasteiger partial charge in [-0.3, -0.25) is 4.79 Å². The first-order valence-electron chi connectivity index (χ1n) is 8.05. The Kier molecular flexibility index (Phi) is 5.85. The number of amides is 2. The predicted molar refractivity (Wildman–Crippen MR) is 80.2 cm³/mol. The van der Waals surface area contributed by atoms with Crippen LogP contribution < -0.4 is 5.32 Å². The van der Waals surface area contributed by atoms with E-state index in [0.717, 1.165) is 45.3 Å². The summed E-state index contributed by atoms with van der Waals surface area (Å²) in [7, 11) is 0. The molecule has 2 fully saturated rings. The number of nitrogens with one attached hydrogen (secondary N) is 1. The van der Waals surface area contributed by atoms with Crippen LogP contribution in [0, 0.1) is 11.8 Å². The summed E-state index contributed by atoms with van der Waals surface area (Å²) in [5.74, 6) is 0.0781. The summed E-state index contributed by atoms with van der Waals surface area (Å²) in [6.07, 6.45) is 4.43. The molecule has 2 amide bonds. The van der Waals surface area contributed by atoms with E-state index in [1.165, 1.54) is 4.90 Å². The first-order chi connectivity index (χ1) is 10.1. The lowest BCUT2D eigenvalue weighted by Crippen LogP contribution is -2.46. The Morgan fingerprint density at radius 1 is 1.19 bits per heavy atom. The maximum absolute atomic E-state index is 12.1. The lowest BCUT2D eigenvalue weighted by atomic mass is 9.97. The third-order valence-corrected chi connectivity index (χ3v) is 4.49. The van der Waals surface area contributed by atoms with Crippen molar-refractivity contribution in [3.05, 3.63) is 0 Å². The summed E-state index contributed by atoms with van der Waals surface area (Å²) in [5.41, 5.74) is 0. The maximum Gasteiger partial charge on any atom is 0.323 e. The summed E-state index contributed by atoms with van der Waals surface area (Å²) >= 11 is 0. The van der Waals surface area contributed by atoms with E-state index < -0.39 is 5.97 Å². The number of carboxylic acids is 1. The van der Waals surface area contributed by atoms with Gasteiger partial charge in [-0.1, -0.05) is 6.92 Å². The molecular weight excluding hydrogens is 270 g/mol. The van der Waals surface area contributed by atoms with Crippen LogP contribution in [0.15, 0.2) is 0 Å². The predicted octanol–water partition coefficient (Wildman–Crippen LogP) is 1.22. The minimum Gasteiger partial charge on any atom is -0.480 e. The van der Waals surface area contributed by atoms with Gasteiger partial charge in [0.05, 0.1) is 0 Å². The highest BCUT2D eigenvalue weighted by atomic mass is 16.4. The molecule has 0 bridgehead atoms. The van der Waals surface area contributed by atoms with Crippen molar-refractivity contribution in [3.8, 4) is 0 Å². The van der Waals surface area contributed by atoms with Crippen molar-refractivity contribution in [2.45, 2.75) is 32.6 Å². The number of likely N-dealkylation sites (tertiary alicyclic amines) is 1. The minimum absolute atomic E-state index is 0.198. The third-order valence-electron chi connectivity index (χ3n) is 4.49. The summed E-state index contributed by atoms with van der Waals surface area (Å²) in [6.45, 7) is 6.49. The van der Waals surface area contributed by atoms with Crippen molar-refractivity contribution in [2.24, 2.45) is 11.8 Å². The molecule has 6 heteroatoms. The molecule has 21 heavy (non-hydrogen) atoms. The topological polar surface area (TPSA) is 72.9 Å². The van der Waals surface area contributed by atoms with E-state index in [2.05, 4.69) is 17.1 Å². The molecule has 0 radical (unpaired) electrons. The molecular formula is C15H27N3O3. The SMILES string of the molecule is CCN1CCC(CNC(=O)N(CC(=O)O)CC2CC2)CC1. The zero-order valence-electron chi connectivity index (χ0n) is 12.9. The average Bonchev–Trinajstić information content (AvgIpc) is 3.28. The second-order valence-corrected chi connectivity index (χ2v) is 6.28. The Balaban J connectivity index is 1.72. The highest BCUT2D eigenvalue weighted by molar-refractivity contribution is 5.80. The monoisotopic (exact) mass is 297 g/mol. The van der Waals surface area contributed by atoms with Gasteiger partial charge < -0.3 is 20.2 Å². The number of piperidine rings is 1. The Hall–Kier alpha value is -1.30. The van der Waals surface area contributed by atoms with Gasteiger partial charge in [0.1, 0.15) is 6.54 Å². The highest BCUT2D eigenvalue weighted by Crippen LogP contribution is 2.29. The summed E-state index contributed by atoms with van der Waals surface area (Å²) in [6, 6.07) is -0.220. The molecule has 0 atom stereocenters. The zero-order valence-corrected chi connectivity index (χ0v) is 12.9. The van der Waals surface area contributed by atoms with E-state index >= 15 is 0 Å². The van der Waals surface area contributed by atoms with Crippen molar-refractivity contribution in [3.63, 3.8) is 0 Å². The van der Waals surface area contributed by atoms with E-state index in [4.69, 9.17) is 5.11 Å². The minimum atomic E-state index is -0.943. The maximum atomic E-state index is 12.1. The van der Waals surface area contributed by atoms with Crippen LogP contribution in [0.1, 0.15) is 32.6 Å². The van der Waals surface area contributed by atoms with Gasteiger partial charge in [0, 0.05) is 13.1 Å². The third kappa shape index (κ3) is 5.53. The first kappa shape index (κ1) is 16.1. The number of hydrogen-bond acceptors (Lipinski definition) is 3. The van der Waals surface area contributed by atoms with E-state index in [-0.39, 0.29) is 12.6 Å². The molecule has 1 saturated heterocycles. The number of aliphatic carboxylic acids is 1. The van der Waals surface area contributed by atoms with Gasteiger partial charge in [0.15, 0.2) is 0 Å². The molecule has 0 aromatic carbocycles. The van der Waals surface area contributed by atoms with E-state index in [9.17, 15) is 9.59 Å². The largest absolute Gasteiger partial charge is 0.480 e. The zero-order chi connectivity index (χ0) is 15.2. The van der Waals surface area contributed by atoms with Crippen molar-refractivity contribution in [1.29, 1.82) is 0 Å². The van der Waals surface area contributed by atoms with Crippen molar-refractivity contribution < 1.29 is 14.7 Å². The molecule has 2 rings (SSSR count). The van der Waals surface area contributed by atoms with E-state index in [1.54, 1.807) is 0 Å². The number of rotatable bonds is 7. The number of carboxylic acid groups (broad SMARTS) is 1. The van der Waals surface area contributed by atoms with E-state index in [0.29, 0.717) is 24.9 Å². The van der Waals surface area contributed by atoms with E-state index in [1.807, 2.05) is 0 Å². The fourth-order valence-electron chi connectivity index (χ4n) is 2.84. The molecule has 0 aromatic rings. The molecule has 1 saturated carbocycles. The quantitative estimate of drug-likeness (QED) is 0.741. The number of hydrogen-bond donors (Lipinski definition) is 2. The average molecular weight is 297 g/mol. The molecule has 1 aliphatic carbocycles. The highest BCUT2D eigenvalue weighted by Gasteiger charge is 2.28. The molecule has 1 heterocycles. The fourth-order valence-corrected chi connectivity index (χ4v) is 2.84. The standard InChI is InChI=1S/C15H27N3O3/c1-2-17-7-5-12(6-8-17)9-16-15(21)18(11-14(19)20)10-13-3-4-13/h12-13H,2-11H2,1H3,(H,16,21)(H,19,20). The lowest BCUT2D eigenvalue weighted by molar-refractivity contribution is -0.137. The normalized spacial score (nSPS) is 20.2. The van der Waals surface area contributed by atoms with Gasteiger partial charge >= 0.3 is 12.0 Å². The van der Waals surface area contributed by atoms with Crippen molar-refractivity contribution in [1.82, 2.24) is 15.1 Å². The number of urea groups is 1. The second-order valence-electron chi connectivity index (χ2n) is 6.28. The Bertz CT molecular complexity index is 363. The fraction of sp³-hybridized carbons (Fsp3) is 0.867. The van der Waals surface area contributed by atoms with Gasteiger partial charge in [-0.2, -0.15) is 0 Å². The van der Waals surface area contributed by atoms with Crippen LogP contribution >= 0.6 is 0 Å². The van der Waals surface area contributed by atoms with Gasteiger partial charge in [-0.25, -0.2) is 4.79 Å². The van der Waals surface area contributed by atoms with Crippen molar-refractivity contribution in [2.75, 3.05) is 39.3 Å². The van der Waals surface area contributed by atoms with Gasteiger partial charge in [0.2, 0.25) is 0 Å². The summed E-state index contributed by atoms with van der Waals surface area (Å²) < 4.78 is 0. The Labute approximate surface area is 126 Å². The first-order valence-corrected chi connectivity index (χ1v) is 8.05. The Morgan fingerprint density at radius 3 is 2.38 bits per heavy atom. The van der Waals surface area contributed by atoms with Gasteiger partial charge in [-0.15, -0.1) is 0 Å². The number of nitrogens with zero attached hydrogens (tertiary/aromatic N) is 2. The smallest absolute Gasteiger partial charge is 0.323 e. The lowest BCUT2D eigenvalue weighted by Gasteiger charge is -2.31. The molecule has 120 valence electrons. The molecule has 0 spiro atoms. The van der Waals surface area contributed by atoms with Crippen molar-refractivity contribution >= 4 is 12.0 Å². The van der Waals surface area contributed by atoms with Gasteiger partial charge in [0.25, 0.3) is 0 Å². The van der Waals surface area contributed by atoms with Crippen LogP contribution in [-0.4, -0.2) is 66.2 Å². The second kappa shape index (κ2) is 7.64. The van der Waals surface area contributed by atoms with Crippen LogP contribution in [0.3, 0.4) is 0 Å². The van der Waals surface area contributed by atoms with Crippen LogP contribution in [0.25, 0.3) is 0 Å². The molecule has 6 nitrogen and oxygen atoms in total. The number of carbonyl (C=O) groups excluding carboxylic acids is 1. The summed E-state index contributed by atoms with van der Waals surface area (Å²) in [4.78, 5) is 26.9. The van der Waals surface area contributed by atoms with Crippen LogP contribution in [-0.2, 0) is 4.79 Å².